The first-order valence-corrected chi connectivity index (χ1v) is 9.09. The standard InChI is InChI=1S/C17H31N5O3.HI/c1-5-7-18-14(23)6-8-19-15-20-11-13-12-21(9-10-22(13)15)16(24)25-17(2,3)4;/h13H,5-12H2,1-4H3,(H,18,23)(H,19,20);1H. The van der Waals surface area contributed by atoms with Crippen LogP contribution in [-0.2, 0) is 9.53 Å². The highest BCUT2D eigenvalue weighted by Crippen LogP contribution is 2.18. The summed E-state index contributed by atoms with van der Waals surface area (Å²) in [5, 5.41) is 6.11. The van der Waals surface area contributed by atoms with Crippen LogP contribution >= 0.6 is 24.0 Å². The zero-order chi connectivity index (χ0) is 18.4. The molecule has 1 saturated heterocycles. The second kappa shape index (κ2) is 10.2. The van der Waals surface area contributed by atoms with E-state index in [1.807, 2.05) is 27.7 Å². The number of rotatable bonds is 5. The molecule has 0 aromatic heterocycles. The van der Waals surface area contributed by atoms with Gasteiger partial charge in [0.15, 0.2) is 5.96 Å². The Morgan fingerprint density at radius 3 is 2.65 bits per heavy atom. The fraction of sp³-hybridized carbons (Fsp3) is 0.824. The Kier molecular flexibility index (Phi) is 8.91. The number of nitrogens with one attached hydrogen (secondary N) is 2. The monoisotopic (exact) mass is 481 g/mol. The summed E-state index contributed by atoms with van der Waals surface area (Å²) in [6, 6.07) is 0.178. The summed E-state index contributed by atoms with van der Waals surface area (Å²) in [5.41, 5.74) is -0.481. The van der Waals surface area contributed by atoms with E-state index >= 15 is 0 Å². The molecule has 1 fully saturated rings. The third-order valence-electron chi connectivity index (χ3n) is 4.07. The lowest BCUT2D eigenvalue weighted by atomic mass is 10.2. The van der Waals surface area contributed by atoms with Crippen molar-refractivity contribution in [3.8, 4) is 0 Å². The molecule has 2 aliphatic rings. The molecule has 2 aliphatic heterocycles. The molecule has 150 valence electrons. The van der Waals surface area contributed by atoms with Crippen LogP contribution in [0.15, 0.2) is 4.99 Å². The van der Waals surface area contributed by atoms with Crippen molar-refractivity contribution in [3.05, 3.63) is 0 Å². The Labute approximate surface area is 173 Å². The second-order valence-electron chi connectivity index (χ2n) is 7.46. The number of carbonyl (C=O) groups excluding carboxylic acids is 2. The second-order valence-corrected chi connectivity index (χ2v) is 7.46. The van der Waals surface area contributed by atoms with Crippen LogP contribution in [-0.4, -0.2) is 78.7 Å². The summed E-state index contributed by atoms with van der Waals surface area (Å²) in [7, 11) is 0. The topological polar surface area (TPSA) is 86.3 Å². The van der Waals surface area contributed by atoms with Gasteiger partial charge < -0.3 is 25.2 Å². The van der Waals surface area contributed by atoms with Gasteiger partial charge in [0.1, 0.15) is 5.60 Å². The summed E-state index contributed by atoms with van der Waals surface area (Å²) in [6.45, 7) is 11.5. The normalized spacial score (nSPS) is 19.2. The molecule has 2 N–H and O–H groups in total. The first-order valence-electron chi connectivity index (χ1n) is 9.09. The lowest BCUT2D eigenvalue weighted by Crippen LogP contribution is -2.57. The molecule has 2 amide bonds. The number of carbonyl (C=O) groups is 2. The summed E-state index contributed by atoms with van der Waals surface area (Å²) in [4.78, 5) is 32.3. The van der Waals surface area contributed by atoms with Gasteiger partial charge in [-0.2, -0.15) is 0 Å². The summed E-state index contributed by atoms with van der Waals surface area (Å²) in [5.74, 6) is 0.886. The lowest BCUT2D eigenvalue weighted by molar-refractivity contribution is -0.120. The third-order valence-corrected chi connectivity index (χ3v) is 4.07. The molecule has 0 aromatic carbocycles. The molecule has 0 aliphatic carbocycles. The first kappa shape index (κ1) is 22.8. The average molecular weight is 481 g/mol. The zero-order valence-electron chi connectivity index (χ0n) is 16.2. The fourth-order valence-electron chi connectivity index (χ4n) is 2.86. The van der Waals surface area contributed by atoms with E-state index in [0.29, 0.717) is 39.1 Å². The Morgan fingerprint density at radius 2 is 2.00 bits per heavy atom. The van der Waals surface area contributed by atoms with Crippen molar-refractivity contribution in [2.45, 2.75) is 52.2 Å². The number of hydrogen-bond acceptors (Lipinski definition) is 6. The Balaban J connectivity index is 0.00000338. The smallest absolute Gasteiger partial charge is 0.410 e. The van der Waals surface area contributed by atoms with Gasteiger partial charge in [-0.3, -0.25) is 9.79 Å². The molecule has 0 spiro atoms. The van der Waals surface area contributed by atoms with Gasteiger partial charge in [-0.1, -0.05) is 6.92 Å². The number of piperazine rings is 1. The van der Waals surface area contributed by atoms with Gasteiger partial charge >= 0.3 is 6.09 Å². The van der Waals surface area contributed by atoms with Gasteiger partial charge in [0.05, 0.1) is 12.6 Å². The van der Waals surface area contributed by atoms with Gasteiger partial charge in [0.25, 0.3) is 0 Å². The van der Waals surface area contributed by atoms with Crippen LogP contribution in [0.5, 0.6) is 0 Å². The molecule has 26 heavy (non-hydrogen) atoms. The van der Waals surface area contributed by atoms with Crippen LogP contribution < -0.4 is 10.6 Å². The summed E-state index contributed by atoms with van der Waals surface area (Å²) in [6.07, 6.45) is 1.11. The van der Waals surface area contributed by atoms with Gasteiger partial charge in [-0.25, -0.2) is 4.79 Å². The first-order chi connectivity index (χ1) is 11.8. The van der Waals surface area contributed by atoms with Crippen molar-refractivity contribution in [2.75, 3.05) is 39.3 Å². The minimum Gasteiger partial charge on any atom is -0.444 e. The van der Waals surface area contributed by atoms with Crippen molar-refractivity contribution in [3.63, 3.8) is 0 Å². The van der Waals surface area contributed by atoms with Gasteiger partial charge in [0, 0.05) is 39.1 Å². The third kappa shape index (κ3) is 6.81. The van der Waals surface area contributed by atoms with Gasteiger partial charge in [0.2, 0.25) is 5.91 Å². The van der Waals surface area contributed by atoms with Crippen molar-refractivity contribution >= 4 is 41.9 Å². The highest BCUT2D eigenvalue weighted by atomic mass is 127. The van der Waals surface area contributed by atoms with Crippen LogP contribution in [0.1, 0.15) is 40.5 Å². The van der Waals surface area contributed by atoms with Crippen LogP contribution in [0.3, 0.4) is 0 Å². The zero-order valence-corrected chi connectivity index (χ0v) is 18.5. The van der Waals surface area contributed by atoms with E-state index in [4.69, 9.17) is 4.74 Å². The molecule has 0 aromatic rings. The molecule has 0 bridgehead atoms. The van der Waals surface area contributed by atoms with Crippen molar-refractivity contribution in [1.82, 2.24) is 20.4 Å². The van der Waals surface area contributed by atoms with Crippen LogP contribution in [0.2, 0.25) is 0 Å². The van der Waals surface area contributed by atoms with Crippen LogP contribution in [0, 0.1) is 0 Å². The summed E-state index contributed by atoms with van der Waals surface area (Å²) < 4.78 is 5.45. The average Bonchev–Trinajstić information content (AvgIpc) is 2.93. The molecule has 1 atom stereocenters. The SMILES string of the molecule is CCCNC(=O)CCNC1=NCC2CN(C(=O)OC(C)(C)C)CCN12.I. The number of amides is 2. The Hall–Kier alpha value is -1.26. The van der Waals surface area contributed by atoms with Gasteiger partial charge in [-0.15, -0.1) is 24.0 Å². The van der Waals surface area contributed by atoms with E-state index in [9.17, 15) is 9.59 Å². The predicted octanol–water partition coefficient (Wildman–Crippen LogP) is 1.40. The van der Waals surface area contributed by atoms with E-state index in [1.54, 1.807) is 4.90 Å². The molecular formula is C17H32IN5O3. The van der Waals surface area contributed by atoms with E-state index < -0.39 is 5.60 Å². The maximum absolute atomic E-state index is 12.2. The number of halogens is 1. The Morgan fingerprint density at radius 1 is 1.27 bits per heavy atom. The Bertz CT molecular complexity index is 521. The number of hydrogen-bond donors (Lipinski definition) is 2. The number of ether oxygens (including phenoxy) is 1. The molecule has 2 heterocycles. The number of nitrogens with zero attached hydrogens (tertiary/aromatic N) is 3. The molecule has 8 nitrogen and oxygen atoms in total. The summed E-state index contributed by atoms with van der Waals surface area (Å²) >= 11 is 0. The van der Waals surface area contributed by atoms with E-state index in [1.165, 1.54) is 0 Å². The maximum atomic E-state index is 12.2. The minimum absolute atomic E-state index is 0. The number of fused-ring (bicyclic) bond motifs is 1. The van der Waals surface area contributed by atoms with E-state index in [-0.39, 0.29) is 42.0 Å². The molecule has 0 radical (unpaired) electrons. The molecule has 9 heteroatoms. The van der Waals surface area contributed by atoms with Gasteiger partial charge in [-0.05, 0) is 27.2 Å². The number of aliphatic imine (C=N–C) groups is 1. The molecule has 1 unspecified atom stereocenters. The van der Waals surface area contributed by atoms with Crippen LogP contribution in [0.25, 0.3) is 0 Å². The maximum Gasteiger partial charge on any atom is 0.410 e. The predicted molar refractivity (Wildman–Crippen MR) is 112 cm³/mol. The van der Waals surface area contributed by atoms with E-state index in [0.717, 1.165) is 18.9 Å². The highest BCUT2D eigenvalue weighted by molar-refractivity contribution is 14.0. The molecular weight excluding hydrogens is 449 g/mol. The van der Waals surface area contributed by atoms with Crippen molar-refractivity contribution in [1.29, 1.82) is 0 Å². The molecule has 2 rings (SSSR count). The van der Waals surface area contributed by atoms with Crippen LogP contribution in [0.4, 0.5) is 4.79 Å². The fourth-order valence-corrected chi connectivity index (χ4v) is 2.86. The van der Waals surface area contributed by atoms with Crippen molar-refractivity contribution < 1.29 is 14.3 Å². The van der Waals surface area contributed by atoms with E-state index in [2.05, 4.69) is 20.5 Å². The highest BCUT2D eigenvalue weighted by Gasteiger charge is 2.36. The van der Waals surface area contributed by atoms with Crippen molar-refractivity contribution in [2.24, 2.45) is 4.99 Å². The minimum atomic E-state index is -0.481. The lowest BCUT2D eigenvalue weighted by Gasteiger charge is -2.39. The molecule has 0 saturated carbocycles. The number of guanidine groups is 1. The largest absolute Gasteiger partial charge is 0.444 e. The quantitative estimate of drug-likeness (QED) is 0.580.